The van der Waals surface area contributed by atoms with E-state index < -0.39 is 5.97 Å². The topological polar surface area (TPSA) is 105 Å². The number of carboxylic acids is 1. The van der Waals surface area contributed by atoms with Gasteiger partial charge in [-0.25, -0.2) is 14.8 Å². The monoisotopic (exact) mass is 454 g/mol. The van der Waals surface area contributed by atoms with Gasteiger partial charge in [-0.1, -0.05) is 12.1 Å². The molecule has 4 aromatic rings. The second-order valence-electron chi connectivity index (χ2n) is 8.04. The maximum Gasteiger partial charge on any atom is 0.337 e. The van der Waals surface area contributed by atoms with Crippen LogP contribution in [0.25, 0.3) is 10.9 Å². The minimum absolute atomic E-state index is 0.155. The second kappa shape index (κ2) is 8.82. The fourth-order valence-electron chi connectivity index (χ4n) is 4.26. The van der Waals surface area contributed by atoms with Gasteiger partial charge in [-0.2, -0.15) is 0 Å². The molecule has 8 heteroatoms. The molecule has 2 heterocycles. The smallest absolute Gasteiger partial charge is 0.337 e. The first kappa shape index (κ1) is 21.4. The van der Waals surface area contributed by atoms with Gasteiger partial charge in [0.15, 0.2) is 0 Å². The molecule has 3 aromatic carbocycles. The number of aromatic carboxylic acids is 1. The van der Waals surface area contributed by atoms with Crippen molar-refractivity contribution in [3.05, 3.63) is 89.2 Å². The highest BCUT2D eigenvalue weighted by molar-refractivity contribution is 6.05. The van der Waals surface area contributed by atoms with Crippen molar-refractivity contribution in [1.82, 2.24) is 9.97 Å². The van der Waals surface area contributed by atoms with Gasteiger partial charge in [0.1, 0.15) is 17.9 Å². The lowest BCUT2D eigenvalue weighted by Crippen LogP contribution is -2.31. The Morgan fingerprint density at radius 1 is 1.03 bits per heavy atom. The van der Waals surface area contributed by atoms with Gasteiger partial charge in [0.05, 0.1) is 18.2 Å². The van der Waals surface area contributed by atoms with Crippen LogP contribution in [0.2, 0.25) is 0 Å². The highest BCUT2D eigenvalue weighted by Gasteiger charge is 2.21. The van der Waals surface area contributed by atoms with Gasteiger partial charge in [-0.15, -0.1) is 0 Å². The number of methoxy groups -OCH3 is 1. The van der Waals surface area contributed by atoms with E-state index in [2.05, 4.69) is 20.2 Å². The highest BCUT2D eigenvalue weighted by atomic mass is 16.5. The van der Waals surface area contributed by atoms with Gasteiger partial charge in [0.25, 0.3) is 5.91 Å². The average molecular weight is 454 g/mol. The Balaban J connectivity index is 1.40. The van der Waals surface area contributed by atoms with E-state index in [1.165, 1.54) is 11.9 Å². The van der Waals surface area contributed by atoms with Crippen molar-refractivity contribution in [2.75, 3.05) is 23.9 Å². The summed E-state index contributed by atoms with van der Waals surface area (Å²) in [7, 11) is 1.58. The molecular formula is C26H22N4O4. The van der Waals surface area contributed by atoms with Crippen LogP contribution in [0.3, 0.4) is 0 Å². The van der Waals surface area contributed by atoms with Crippen LogP contribution in [0.15, 0.2) is 67.0 Å². The molecule has 34 heavy (non-hydrogen) atoms. The molecule has 5 rings (SSSR count). The van der Waals surface area contributed by atoms with E-state index in [9.17, 15) is 14.7 Å². The largest absolute Gasteiger partial charge is 0.497 e. The summed E-state index contributed by atoms with van der Waals surface area (Å²) in [6.07, 6.45) is 2.22. The first-order chi connectivity index (χ1) is 16.5. The van der Waals surface area contributed by atoms with Crippen molar-refractivity contribution in [2.45, 2.75) is 13.0 Å². The summed E-state index contributed by atoms with van der Waals surface area (Å²) in [6.45, 7) is 1.33. The number of carboxylic acid groups (broad SMARTS) is 1. The third-order valence-corrected chi connectivity index (χ3v) is 6.00. The molecule has 0 bridgehead atoms. The van der Waals surface area contributed by atoms with Crippen molar-refractivity contribution in [3.63, 3.8) is 0 Å². The number of nitrogens with zero attached hydrogens (tertiary/aromatic N) is 3. The van der Waals surface area contributed by atoms with E-state index in [0.29, 0.717) is 40.3 Å². The molecule has 170 valence electrons. The number of fused-ring (bicyclic) bond motifs is 2. The second-order valence-corrected chi connectivity index (χ2v) is 8.04. The minimum Gasteiger partial charge on any atom is -0.497 e. The lowest BCUT2D eigenvalue weighted by atomic mass is 9.98. The molecule has 0 spiro atoms. The van der Waals surface area contributed by atoms with Crippen LogP contribution in [-0.2, 0) is 13.0 Å². The number of carbonyl (C=O) groups is 2. The van der Waals surface area contributed by atoms with Crippen LogP contribution in [0.5, 0.6) is 5.75 Å². The number of amides is 1. The quantitative estimate of drug-likeness (QED) is 0.467. The number of hydrogen-bond acceptors (Lipinski definition) is 6. The number of aromatic nitrogens is 2. The lowest BCUT2D eigenvalue weighted by Gasteiger charge is -2.31. The van der Waals surface area contributed by atoms with Gasteiger partial charge in [-0.05, 0) is 66.1 Å². The Morgan fingerprint density at radius 2 is 1.85 bits per heavy atom. The minimum atomic E-state index is -1.02. The zero-order chi connectivity index (χ0) is 23.7. The molecule has 0 radical (unpaired) electrons. The number of para-hydroxylation sites is 1. The standard InChI is InChI=1S/C26H22N4O4/c1-34-20-9-6-17(7-10-20)25(31)29-19-8-5-16-11-12-30(14-18(16)13-19)24-21-3-2-4-22(26(32)33)23(21)27-15-28-24/h2-10,13,15H,11-12,14H2,1H3,(H,29,31)(H,32,33). The Bertz CT molecular complexity index is 1400. The van der Waals surface area contributed by atoms with E-state index in [1.807, 2.05) is 24.3 Å². The molecule has 1 aromatic heterocycles. The van der Waals surface area contributed by atoms with Gasteiger partial charge >= 0.3 is 5.97 Å². The number of nitrogens with one attached hydrogen (secondary N) is 1. The van der Waals surface area contributed by atoms with Crippen LogP contribution < -0.4 is 15.0 Å². The molecule has 0 unspecified atom stereocenters. The third kappa shape index (κ3) is 4.01. The predicted molar refractivity (Wildman–Crippen MR) is 129 cm³/mol. The van der Waals surface area contributed by atoms with E-state index in [0.717, 1.165) is 18.5 Å². The zero-order valence-corrected chi connectivity index (χ0v) is 18.5. The fraction of sp³-hybridized carbons (Fsp3) is 0.154. The van der Waals surface area contributed by atoms with Crippen molar-refractivity contribution >= 4 is 34.3 Å². The molecule has 0 aliphatic carbocycles. The van der Waals surface area contributed by atoms with E-state index >= 15 is 0 Å². The summed E-state index contributed by atoms with van der Waals surface area (Å²) < 4.78 is 5.15. The predicted octanol–water partition coefficient (Wildman–Crippen LogP) is 4.15. The first-order valence-corrected chi connectivity index (χ1v) is 10.8. The molecule has 8 nitrogen and oxygen atoms in total. The summed E-state index contributed by atoms with van der Waals surface area (Å²) in [4.78, 5) is 35.1. The number of carbonyl (C=O) groups excluding carboxylic acids is 1. The Kier molecular flexibility index (Phi) is 5.55. The summed E-state index contributed by atoms with van der Waals surface area (Å²) in [5, 5.41) is 13.2. The van der Waals surface area contributed by atoms with Gasteiger partial charge in [0.2, 0.25) is 0 Å². The van der Waals surface area contributed by atoms with Gasteiger partial charge in [0, 0.05) is 29.7 Å². The maximum absolute atomic E-state index is 12.7. The molecule has 0 atom stereocenters. The Morgan fingerprint density at radius 3 is 2.62 bits per heavy atom. The molecule has 0 saturated heterocycles. The normalized spacial score (nSPS) is 12.8. The summed E-state index contributed by atoms with van der Waals surface area (Å²) in [5.41, 5.74) is 4.13. The van der Waals surface area contributed by atoms with E-state index in [1.54, 1.807) is 43.5 Å². The average Bonchev–Trinajstić information content (AvgIpc) is 2.87. The summed E-state index contributed by atoms with van der Waals surface area (Å²) >= 11 is 0. The number of ether oxygens (including phenoxy) is 1. The SMILES string of the molecule is COc1ccc(C(=O)Nc2ccc3c(c2)CN(c2ncnc4c(C(=O)O)cccc24)CC3)cc1. The Labute approximate surface area is 195 Å². The fourth-order valence-corrected chi connectivity index (χ4v) is 4.26. The number of benzene rings is 3. The number of rotatable bonds is 5. The van der Waals surface area contributed by atoms with Crippen LogP contribution >= 0.6 is 0 Å². The maximum atomic E-state index is 12.7. The van der Waals surface area contributed by atoms with Crippen molar-refractivity contribution in [2.24, 2.45) is 0 Å². The molecule has 0 fully saturated rings. The first-order valence-electron chi connectivity index (χ1n) is 10.8. The number of hydrogen-bond donors (Lipinski definition) is 2. The van der Waals surface area contributed by atoms with Gasteiger partial charge in [-0.3, -0.25) is 4.79 Å². The molecule has 1 aliphatic heterocycles. The van der Waals surface area contributed by atoms with Crippen molar-refractivity contribution in [3.8, 4) is 5.75 Å². The van der Waals surface area contributed by atoms with Gasteiger partial charge < -0.3 is 20.1 Å². The van der Waals surface area contributed by atoms with Crippen LogP contribution in [0.1, 0.15) is 31.8 Å². The van der Waals surface area contributed by atoms with E-state index in [-0.39, 0.29) is 11.5 Å². The molecule has 0 saturated carbocycles. The summed E-state index contributed by atoms with van der Waals surface area (Å²) in [5.74, 6) is 0.180. The summed E-state index contributed by atoms with van der Waals surface area (Å²) in [6, 6.07) is 18.0. The molecule has 1 aliphatic rings. The molecular weight excluding hydrogens is 432 g/mol. The van der Waals surface area contributed by atoms with Crippen molar-refractivity contribution < 1.29 is 19.4 Å². The Hall–Kier alpha value is -4.46. The zero-order valence-electron chi connectivity index (χ0n) is 18.5. The third-order valence-electron chi connectivity index (χ3n) is 6.00. The number of anilines is 2. The molecule has 1 amide bonds. The molecule has 2 N–H and O–H groups in total. The van der Waals surface area contributed by atoms with Crippen LogP contribution in [0, 0.1) is 0 Å². The van der Waals surface area contributed by atoms with Crippen LogP contribution in [-0.4, -0.2) is 40.6 Å². The highest BCUT2D eigenvalue weighted by Crippen LogP contribution is 2.30. The lowest BCUT2D eigenvalue weighted by molar-refractivity contribution is 0.0698. The van der Waals surface area contributed by atoms with E-state index in [4.69, 9.17) is 4.74 Å². The van der Waals surface area contributed by atoms with Crippen LogP contribution in [0.4, 0.5) is 11.5 Å². The van der Waals surface area contributed by atoms with Crippen molar-refractivity contribution in [1.29, 1.82) is 0 Å².